The maximum atomic E-state index is 3.59. The number of aryl methyl sites for hydroxylation is 1. The Morgan fingerprint density at radius 1 is 1.11 bits per heavy atom. The summed E-state index contributed by atoms with van der Waals surface area (Å²) in [6, 6.07) is 9.39. The Balaban J connectivity index is 2.56. The van der Waals surface area contributed by atoms with Gasteiger partial charge in [-0.1, -0.05) is 43.7 Å². The van der Waals surface area contributed by atoms with Gasteiger partial charge in [-0.3, -0.25) is 0 Å². The van der Waals surface area contributed by atoms with Crippen molar-refractivity contribution in [2.75, 3.05) is 26.7 Å². The molecule has 1 atom stereocenters. The van der Waals surface area contributed by atoms with E-state index in [1.54, 1.807) is 0 Å². The van der Waals surface area contributed by atoms with E-state index < -0.39 is 0 Å². The molecule has 1 unspecified atom stereocenters. The van der Waals surface area contributed by atoms with Gasteiger partial charge in [-0.25, -0.2) is 0 Å². The van der Waals surface area contributed by atoms with Gasteiger partial charge >= 0.3 is 0 Å². The molecule has 0 saturated carbocycles. The van der Waals surface area contributed by atoms with E-state index >= 15 is 0 Å². The van der Waals surface area contributed by atoms with Crippen LogP contribution in [0.4, 0.5) is 0 Å². The van der Waals surface area contributed by atoms with E-state index in [0.29, 0.717) is 6.04 Å². The number of benzene rings is 1. The van der Waals surface area contributed by atoms with Crippen molar-refractivity contribution in [3.05, 3.63) is 35.4 Å². The molecule has 0 aromatic heterocycles. The highest BCUT2D eigenvalue weighted by molar-refractivity contribution is 5.24. The molecule has 1 rings (SSSR count). The number of hydrogen-bond donors (Lipinski definition) is 1. The van der Waals surface area contributed by atoms with Gasteiger partial charge in [0.1, 0.15) is 0 Å². The van der Waals surface area contributed by atoms with Crippen molar-refractivity contribution in [3.63, 3.8) is 0 Å². The van der Waals surface area contributed by atoms with Gasteiger partial charge in [0.15, 0.2) is 0 Å². The van der Waals surface area contributed by atoms with Gasteiger partial charge in [-0.2, -0.15) is 0 Å². The first-order valence-electron chi connectivity index (χ1n) is 7.15. The summed E-state index contributed by atoms with van der Waals surface area (Å²) in [5, 5.41) is 3.59. The summed E-state index contributed by atoms with van der Waals surface area (Å²) < 4.78 is 0. The lowest BCUT2D eigenvalue weighted by molar-refractivity contribution is 0.309. The van der Waals surface area contributed by atoms with Crippen molar-refractivity contribution < 1.29 is 0 Å². The van der Waals surface area contributed by atoms with Crippen LogP contribution in [-0.2, 0) is 0 Å². The van der Waals surface area contributed by atoms with Crippen molar-refractivity contribution in [2.24, 2.45) is 0 Å². The third-order valence-electron chi connectivity index (χ3n) is 3.34. The monoisotopic (exact) mass is 248 g/mol. The van der Waals surface area contributed by atoms with Crippen LogP contribution < -0.4 is 5.32 Å². The Bertz CT molecular complexity index is 318. The van der Waals surface area contributed by atoms with E-state index in [-0.39, 0.29) is 0 Å². The quantitative estimate of drug-likeness (QED) is 0.759. The van der Waals surface area contributed by atoms with Crippen molar-refractivity contribution in [1.29, 1.82) is 0 Å². The summed E-state index contributed by atoms with van der Waals surface area (Å²) in [5.41, 5.74) is 2.74. The van der Waals surface area contributed by atoms with Gasteiger partial charge in [-0.05, 0) is 52.0 Å². The Morgan fingerprint density at radius 3 is 2.33 bits per heavy atom. The van der Waals surface area contributed by atoms with Gasteiger partial charge in [0.05, 0.1) is 0 Å². The molecule has 0 aliphatic carbocycles. The number of hydrogen-bond acceptors (Lipinski definition) is 2. The van der Waals surface area contributed by atoms with E-state index in [1.807, 2.05) is 0 Å². The topological polar surface area (TPSA) is 15.3 Å². The maximum absolute atomic E-state index is 3.59. The van der Waals surface area contributed by atoms with Gasteiger partial charge < -0.3 is 10.2 Å². The van der Waals surface area contributed by atoms with Crippen LogP contribution in [0, 0.1) is 6.92 Å². The molecule has 1 aromatic rings. The minimum atomic E-state index is 0.481. The van der Waals surface area contributed by atoms with Gasteiger partial charge in [0.2, 0.25) is 0 Å². The predicted octanol–water partition coefficient (Wildman–Crippen LogP) is 3.38. The van der Waals surface area contributed by atoms with E-state index in [2.05, 4.69) is 62.3 Å². The van der Waals surface area contributed by atoms with E-state index in [1.165, 1.54) is 30.5 Å². The molecule has 1 aromatic carbocycles. The van der Waals surface area contributed by atoms with E-state index in [0.717, 1.165) is 13.1 Å². The molecule has 0 fully saturated rings. The summed E-state index contributed by atoms with van der Waals surface area (Å²) in [7, 11) is 2.21. The highest BCUT2D eigenvalue weighted by Gasteiger charge is 2.10. The molecule has 0 saturated heterocycles. The van der Waals surface area contributed by atoms with E-state index in [4.69, 9.17) is 0 Å². The largest absolute Gasteiger partial charge is 0.310 e. The molecule has 0 heterocycles. The minimum Gasteiger partial charge on any atom is -0.310 e. The second kappa shape index (κ2) is 8.28. The molecule has 0 radical (unpaired) electrons. The SMILES string of the molecule is CCCN(C)CCC(NCC)c1ccc(C)cc1. The maximum Gasteiger partial charge on any atom is 0.0332 e. The number of nitrogens with one attached hydrogen (secondary N) is 1. The Morgan fingerprint density at radius 2 is 1.78 bits per heavy atom. The summed E-state index contributed by atoms with van der Waals surface area (Å²) in [6.07, 6.45) is 2.40. The molecular formula is C16H28N2. The normalized spacial score (nSPS) is 12.9. The molecule has 0 spiro atoms. The fraction of sp³-hybridized carbons (Fsp3) is 0.625. The molecule has 102 valence electrons. The third kappa shape index (κ3) is 5.19. The smallest absolute Gasteiger partial charge is 0.0332 e. The first-order valence-corrected chi connectivity index (χ1v) is 7.15. The molecule has 2 nitrogen and oxygen atoms in total. The molecule has 0 aliphatic heterocycles. The van der Waals surface area contributed by atoms with Crippen LogP contribution in [0.15, 0.2) is 24.3 Å². The van der Waals surface area contributed by atoms with Crippen LogP contribution in [0.1, 0.15) is 43.9 Å². The molecule has 1 N–H and O–H groups in total. The van der Waals surface area contributed by atoms with Crippen LogP contribution in [0.2, 0.25) is 0 Å². The molecule has 0 aliphatic rings. The minimum absolute atomic E-state index is 0.481. The van der Waals surface area contributed by atoms with Crippen molar-refractivity contribution in [3.8, 4) is 0 Å². The van der Waals surface area contributed by atoms with Crippen LogP contribution in [0.5, 0.6) is 0 Å². The molecular weight excluding hydrogens is 220 g/mol. The van der Waals surface area contributed by atoms with Crippen LogP contribution >= 0.6 is 0 Å². The van der Waals surface area contributed by atoms with Crippen LogP contribution in [-0.4, -0.2) is 31.6 Å². The van der Waals surface area contributed by atoms with Crippen LogP contribution in [0.25, 0.3) is 0 Å². The fourth-order valence-corrected chi connectivity index (χ4v) is 2.27. The second-order valence-electron chi connectivity index (χ2n) is 5.11. The van der Waals surface area contributed by atoms with Gasteiger partial charge in [0.25, 0.3) is 0 Å². The first-order chi connectivity index (χ1) is 8.67. The lowest BCUT2D eigenvalue weighted by Crippen LogP contribution is -2.27. The second-order valence-corrected chi connectivity index (χ2v) is 5.11. The van der Waals surface area contributed by atoms with Crippen molar-refractivity contribution >= 4 is 0 Å². The Labute approximate surface area is 112 Å². The number of rotatable bonds is 8. The lowest BCUT2D eigenvalue weighted by atomic mass is 10.0. The van der Waals surface area contributed by atoms with Crippen molar-refractivity contribution in [2.45, 2.75) is 39.7 Å². The molecule has 0 bridgehead atoms. The lowest BCUT2D eigenvalue weighted by Gasteiger charge is -2.22. The molecule has 18 heavy (non-hydrogen) atoms. The summed E-state index contributed by atoms with van der Waals surface area (Å²) >= 11 is 0. The van der Waals surface area contributed by atoms with Crippen molar-refractivity contribution in [1.82, 2.24) is 10.2 Å². The number of nitrogens with zero attached hydrogens (tertiary/aromatic N) is 1. The zero-order valence-electron chi connectivity index (χ0n) is 12.4. The molecule has 0 amide bonds. The van der Waals surface area contributed by atoms with Gasteiger partial charge in [0, 0.05) is 6.04 Å². The fourth-order valence-electron chi connectivity index (χ4n) is 2.27. The van der Waals surface area contributed by atoms with E-state index in [9.17, 15) is 0 Å². The highest BCUT2D eigenvalue weighted by Crippen LogP contribution is 2.17. The highest BCUT2D eigenvalue weighted by atomic mass is 15.1. The average molecular weight is 248 g/mol. The third-order valence-corrected chi connectivity index (χ3v) is 3.34. The average Bonchev–Trinajstić information content (AvgIpc) is 2.36. The zero-order valence-corrected chi connectivity index (χ0v) is 12.4. The first kappa shape index (κ1) is 15.2. The zero-order chi connectivity index (χ0) is 13.4. The summed E-state index contributed by atoms with van der Waals surface area (Å²) in [6.45, 7) is 9.92. The predicted molar refractivity (Wildman–Crippen MR) is 80.0 cm³/mol. The summed E-state index contributed by atoms with van der Waals surface area (Å²) in [5.74, 6) is 0. The Kier molecular flexibility index (Phi) is 6.99. The van der Waals surface area contributed by atoms with Crippen LogP contribution in [0.3, 0.4) is 0 Å². The molecule has 2 heteroatoms. The Hall–Kier alpha value is -0.860. The van der Waals surface area contributed by atoms with Gasteiger partial charge in [-0.15, -0.1) is 0 Å². The summed E-state index contributed by atoms with van der Waals surface area (Å²) in [4.78, 5) is 2.42. The standard InChI is InChI=1S/C16H28N2/c1-5-12-18(4)13-11-16(17-6-2)15-9-7-14(3)8-10-15/h7-10,16-17H,5-6,11-13H2,1-4H3.